The minimum absolute atomic E-state index is 0.101. The fraction of sp³-hybridized carbons (Fsp3) is 0.556. The number of hydrogen-bond acceptors (Lipinski definition) is 3. The van der Waals surface area contributed by atoms with Crippen molar-refractivity contribution in [3.8, 4) is 0 Å². The lowest BCUT2D eigenvalue weighted by Gasteiger charge is -2.16. The van der Waals surface area contributed by atoms with Crippen molar-refractivity contribution in [2.45, 2.75) is 27.2 Å². The van der Waals surface area contributed by atoms with E-state index in [1.54, 1.807) is 0 Å². The molecule has 0 bridgehead atoms. The molecule has 0 aliphatic rings. The summed E-state index contributed by atoms with van der Waals surface area (Å²) < 4.78 is 0. The van der Waals surface area contributed by atoms with Crippen LogP contribution >= 0.6 is 0 Å². The number of nitrogens with zero attached hydrogens (tertiary/aromatic N) is 1. The molecule has 1 rings (SSSR count). The van der Waals surface area contributed by atoms with Crippen molar-refractivity contribution in [3.63, 3.8) is 0 Å². The normalized spacial score (nSPS) is 11.6. The zero-order valence-electron chi connectivity index (χ0n) is 8.22. The molecular weight excluding hydrogens is 166 g/mol. The molecule has 0 amide bonds. The predicted molar refractivity (Wildman–Crippen MR) is 52.4 cm³/mol. The van der Waals surface area contributed by atoms with Gasteiger partial charge in [-0.05, 0) is 5.41 Å². The second-order valence-electron chi connectivity index (χ2n) is 4.35. The molecule has 1 aromatic rings. The van der Waals surface area contributed by atoms with Gasteiger partial charge >= 0.3 is 0 Å². The van der Waals surface area contributed by atoms with Crippen molar-refractivity contribution >= 4 is 5.82 Å². The van der Waals surface area contributed by atoms with Crippen molar-refractivity contribution < 1.29 is 0 Å². The van der Waals surface area contributed by atoms with Gasteiger partial charge in [-0.3, -0.25) is 4.79 Å². The molecule has 0 fully saturated rings. The number of aromatic amines is 1. The first kappa shape index (κ1) is 9.77. The summed E-state index contributed by atoms with van der Waals surface area (Å²) in [5.41, 5.74) is 5.36. The maximum Gasteiger partial charge on any atom is 0.252 e. The Kier molecular flexibility index (Phi) is 2.40. The number of nitrogens with two attached hydrogens (primary N) is 1. The van der Waals surface area contributed by atoms with Gasteiger partial charge in [-0.2, -0.15) is 0 Å². The Labute approximate surface area is 77.2 Å². The van der Waals surface area contributed by atoms with Crippen LogP contribution in [-0.2, 0) is 6.42 Å². The lowest BCUT2D eigenvalue weighted by Crippen LogP contribution is -2.18. The van der Waals surface area contributed by atoms with E-state index in [1.807, 2.05) is 0 Å². The standard InChI is InChI=1S/C9H15N3O/c1-9(2,3)5-7-11-6(10)4-8(13)12-7/h4H,5H2,1-3H3,(H3,10,11,12,13). The molecule has 0 atom stereocenters. The van der Waals surface area contributed by atoms with E-state index in [0.29, 0.717) is 12.2 Å². The van der Waals surface area contributed by atoms with Crippen molar-refractivity contribution in [1.82, 2.24) is 9.97 Å². The van der Waals surface area contributed by atoms with E-state index in [-0.39, 0.29) is 16.8 Å². The van der Waals surface area contributed by atoms with Gasteiger partial charge in [0.15, 0.2) is 0 Å². The Hall–Kier alpha value is -1.32. The van der Waals surface area contributed by atoms with E-state index in [2.05, 4.69) is 30.7 Å². The molecule has 0 unspecified atom stereocenters. The van der Waals surface area contributed by atoms with Crippen LogP contribution in [0.15, 0.2) is 10.9 Å². The third-order valence-corrected chi connectivity index (χ3v) is 1.51. The van der Waals surface area contributed by atoms with Gasteiger partial charge < -0.3 is 10.7 Å². The van der Waals surface area contributed by atoms with E-state index in [1.165, 1.54) is 6.07 Å². The summed E-state index contributed by atoms with van der Waals surface area (Å²) in [4.78, 5) is 17.7. The first-order valence-corrected chi connectivity index (χ1v) is 4.22. The van der Waals surface area contributed by atoms with Crippen LogP contribution < -0.4 is 11.3 Å². The summed E-state index contributed by atoms with van der Waals surface area (Å²) in [7, 11) is 0. The number of nitrogen functional groups attached to an aromatic ring is 1. The van der Waals surface area contributed by atoms with E-state index in [0.717, 1.165) is 0 Å². The van der Waals surface area contributed by atoms with Crippen molar-refractivity contribution in [2.75, 3.05) is 5.73 Å². The zero-order valence-corrected chi connectivity index (χ0v) is 8.22. The molecule has 1 aromatic heterocycles. The topological polar surface area (TPSA) is 71.8 Å². The van der Waals surface area contributed by atoms with Crippen molar-refractivity contribution in [2.24, 2.45) is 5.41 Å². The van der Waals surface area contributed by atoms with Gasteiger partial charge in [-0.1, -0.05) is 20.8 Å². The quantitative estimate of drug-likeness (QED) is 0.677. The summed E-state index contributed by atoms with van der Waals surface area (Å²) in [6.45, 7) is 6.24. The Bertz CT molecular complexity index is 349. The van der Waals surface area contributed by atoms with Crippen LogP contribution in [0.3, 0.4) is 0 Å². The van der Waals surface area contributed by atoms with Gasteiger partial charge in [0, 0.05) is 12.5 Å². The number of aromatic nitrogens is 2. The monoisotopic (exact) mass is 181 g/mol. The fourth-order valence-electron chi connectivity index (χ4n) is 1.11. The molecule has 0 aliphatic heterocycles. The van der Waals surface area contributed by atoms with E-state index >= 15 is 0 Å². The van der Waals surface area contributed by atoms with E-state index in [4.69, 9.17) is 5.73 Å². The Morgan fingerprint density at radius 2 is 2.15 bits per heavy atom. The first-order valence-electron chi connectivity index (χ1n) is 4.22. The third-order valence-electron chi connectivity index (χ3n) is 1.51. The molecule has 1 heterocycles. The predicted octanol–water partition coefficient (Wildman–Crippen LogP) is 0.941. The average Bonchev–Trinajstić information content (AvgIpc) is 1.78. The molecule has 4 nitrogen and oxygen atoms in total. The van der Waals surface area contributed by atoms with Gasteiger partial charge in [-0.25, -0.2) is 4.98 Å². The minimum atomic E-state index is -0.188. The molecule has 0 aromatic carbocycles. The van der Waals surface area contributed by atoms with Gasteiger partial charge in [-0.15, -0.1) is 0 Å². The third kappa shape index (κ3) is 3.27. The fourth-order valence-corrected chi connectivity index (χ4v) is 1.11. The molecule has 3 N–H and O–H groups in total. The summed E-state index contributed by atoms with van der Waals surface area (Å²) >= 11 is 0. The molecule has 0 saturated carbocycles. The van der Waals surface area contributed by atoms with Gasteiger partial charge in [0.05, 0.1) is 0 Å². The lowest BCUT2D eigenvalue weighted by atomic mass is 9.92. The van der Waals surface area contributed by atoms with Gasteiger partial charge in [0.2, 0.25) is 0 Å². The number of rotatable bonds is 1. The number of hydrogen-bond donors (Lipinski definition) is 2. The van der Waals surface area contributed by atoms with Crippen LogP contribution in [-0.4, -0.2) is 9.97 Å². The molecule has 0 aliphatic carbocycles. The van der Waals surface area contributed by atoms with Gasteiger partial charge in [0.25, 0.3) is 5.56 Å². The summed E-state index contributed by atoms with van der Waals surface area (Å²) in [6, 6.07) is 1.28. The molecule has 13 heavy (non-hydrogen) atoms. The SMILES string of the molecule is CC(C)(C)Cc1nc(N)cc(=O)[nH]1. The second-order valence-corrected chi connectivity index (χ2v) is 4.35. The molecule has 4 heteroatoms. The highest BCUT2D eigenvalue weighted by Gasteiger charge is 2.13. The largest absolute Gasteiger partial charge is 0.383 e. The van der Waals surface area contributed by atoms with Crippen LogP contribution in [0.1, 0.15) is 26.6 Å². The first-order chi connectivity index (χ1) is 5.87. The van der Waals surface area contributed by atoms with Crippen molar-refractivity contribution in [1.29, 1.82) is 0 Å². The second kappa shape index (κ2) is 3.20. The molecule has 0 radical (unpaired) electrons. The summed E-state index contributed by atoms with van der Waals surface area (Å²) in [5.74, 6) is 0.931. The maximum atomic E-state index is 11.0. The van der Waals surface area contributed by atoms with Crippen LogP contribution in [0.25, 0.3) is 0 Å². The lowest BCUT2D eigenvalue weighted by molar-refractivity contribution is 0.400. The Morgan fingerprint density at radius 3 is 2.62 bits per heavy atom. The number of nitrogens with one attached hydrogen (secondary N) is 1. The summed E-state index contributed by atoms with van der Waals surface area (Å²) in [5, 5.41) is 0. The maximum absolute atomic E-state index is 11.0. The highest BCUT2D eigenvalue weighted by atomic mass is 16.1. The highest BCUT2D eigenvalue weighted by molar-refractivity contribution is 5.25. The van der Waals surface area contributed by atoms with Crippen LogP contribution in [0.4, 0.5) is 5.82 Å². The molecule has 72 valence electrons. The smallest absolute Gasteiger partial charge is 0.252 e. The number of anilines is 1. The van der Waals surface area contributed by atoms with E-state index < -0.39 is 0 Å². The summed E-state index contributed by atoms with van der Waals surface area (Å²) in [6.07, 6.45) is 0.716. The average molecular weight is 181 g/mol. The molecule has 0 saturated heterocycles. The van der Waals surface area contributed by atoms with Crippen LogP contribution in [0, 0.1) is 5.41 Å². The van der Waals surface area contributed by atoms with Crippen molar-refractivity contribution in [3.05, 3.63) is 22.2 Å². The molecule has 0 spiro atoms. The zero-order chi connectivity index (χ0) is 10.1. The van der Waals surface area contributed by atoms with Gasteiger partial charge in [0.1, 0.15) is 11.6 Å². The molecular formula is C9H15N3O. The Morgan fingerprint density at radius 1 is 1.54 bits per heavy atom. The van der Waals surface area contributed by atoms with Crippen LogP contribution in [0.5, 0.6) is 0 Å². The van der Waals surface area contributed by atoms with Crippen LogP contribution in [0.2, 0.25) is 0 Å². The van der Waals surface area contributed by atoms with E-state index in [9.17, 15) is 4.79 Å². The minimum Gasteiger partial charge on any atom is -0.383 e. The Balaban J connectivity index is 2.96. The number of H-pyrrole nitrogens is 1. The highest BCUT2D eigenvalue weighted by Crippen LogP contribution is 2.17.